The van der Waals surface area contributed by atoms with Crippen LogP contribution in [0.4, 0.5) is 0 Å². The zero-order valence-electron chi connectivity index (χ0n) is 9.78. The van der Waals surface area contributed by atoms with E-state index in [1.807, 2.05) is 0 Å². The molecule has 0 aromatic heterocycles. The fourth-order valence-electron chi connectivity index (χ4n) is 2.61. The Morgan fingerprint density at radius 3 is 2.75 bits per heavy atom. The zero-order valence-corrected chi connectivity index (χ0v) is 10.6. The van der Waals surface area contributed by atoms with E-state index in [-0.39, 0.29) is 6.10 Å². The Labute approximate surface area is 101 Å². The lowest BCUT2D eigenvalue weighted by Crippen LogP contribution is -2.46. The summed E-state index contributed by atoms with van der Waals surface area (Å²) in [6.07, 6.45) is 5.46. The highest BCUT2D eigenvalue weighted by Gasteiger charge is 2.45. The molecular formula is C12H20O3S. The van der Waals surface area contributed by atoms with Gasteiger partial charge in [0.05, 0.1) is 6.10 Å². The Balaban J connectivity index is 2.02. The second-order valence-electron chi connectivity index (χ2n) is 5.02. The number of hydrogen-bond donors (Lipinski definition) is 1. The van der Waals surface area contributed by atoms with Gasteiger partial charge >= 0.3 is 5.97 Å². The van der Waals surface area contributed by atoms with Gasteiger partial charge in [0.2, 0.25) is 0 Å². The highest BCUT2D eigenvalue weighted by Crippen LogP contribution is 2.37. The molecular weight excluding hydrogens is 224 g/mol. The molecule has 4 heteroatoms. The van der Waals surface area contributed by atoms with E-state index >= 15 is 0 Å². The molecule has 3 nitrogen and oxygen atoms in total. The first-order valence-corrected chi connectivity index (χ1v) is 7.28. The van der Waals surface area contributed by atoms with Crippen molar-refractivity contribution in [3.63, 3.8) is 0 Å². The molecule has 1 aliphatic heterocycles. The number of carbonyl (C=O) groups is 1. The first kappa shape index (κ1) is 12.2. The third-order valence-corrected chi connectivity index (χ3v) is 4.95. The first-order chi connectivity index (χ1) is 7.64. The van der Waals surface area contributed by atoms with Crippen LogP contribution in [0.15, 0.2) is 0 Å². The molecule has 2 rings (SSSR count). The number of aliphatic carboxylic acids is 1. The summed E-state index contributed by atoms with van der Waals surface area (Å²) in [5.41, 5.74) is -0.888. The Morgan fingerprint density at radius 1 is 1.44 bits per heavy atom. The van der Waals surface area contributed by atoms with Crippen LogP contribution in [-0.2, 0) is 9.53 Å². The van der Waals surface area contributed by atoms with Crippen molar-refractivity contribution < 1.29 is 14.6 Å². The van der Waals surface area contributed by atoms with E-state index in [0.717, 1.165) is 12.2 Å². The van der Waals surface area contributed by atoms with Crippen LogP contribution in [0.3, 0.4) is 0 Å². The highest BCUT2D eigenvalue weighted by molar-refractivity contribution is 7.99. The molecule has 0 aromatic carbocycles. The van der Waals surface area contributed by atoms with E-state index in [0.29, 0.717) is 18.1 Å². The first-order valence-electron chi connectivity index (χ1n) is 6.13. The van der Waals surface area contributed by atoms with Gasteiger partial charge in [0.1, 0.15) is 0 Å². The minimum absolute atomic E-state index is 0.156. The van der Waals surface area contributed by atoms with E-state index in [1.165, 1.54) is 19.3 Å². The molecule has 0 bridgehead atoms. The number of rotatable bonds is 3. The average Bonchev–Trinajstić information content (AvgIpc) is 2.71. The van der Waals surface area contributed by atoms with Crippen molar-refractivity contribution in [2.45, 2.75) is 50.7 Å². The van der Waals surface area contributed by atoms with Crippen LogP contribution < -0.4 is 0 Å². The molecule has 2 aliphatic rings. The summed E-state index contributed by atoms with van der Waals surface area (Å²) in [5.74, 6) is 1.27. The molecule has 0 spiro atoms. The maximum atomic E-state index is 11.4. The van der Waals surface area contributed by atoms with Crippen LogP contribution in [0.25, 0.3) is 0 Å². The topological polar surface area (TPSA) is 46.5 Å². The Kier molecular flexibility index (Phi) is 3.80. The van der Waals surface area contributed by atoms with Crippen molar-refractivity contribution >= 4 is 17.7 Å². The lowest BCUT2D eigenvalue weighted by Gasteiger charge is -2.35. The van der Waals surface area contributed by atoms with Gasteiger partial charge in [-0.2, -0.15) is 11.8 Å². The van der Waals surface area contributed by atoms with E-state index in [1.54, 1.807) is 11.8 Å². The maximum Gasteiger partial charge on any atom is 0.336 e. The van der Waals surface area contributed by atoms with Crippen molar-refractivity contribution in [1.29, 1.82) is 0 Å². The largest absolute Gasteiger partial charge is 0.479 e. The quantitative estimate of drug-likeness (QED) is 0.828. The SMILES string of the molecule is CC1CCCCC1OC1(C(=O)O)CCSC1. The molecule has 0 aromatic rings. The highest BCUT2D eigenvalue weighted by atomic mass is 32.2. The summed E-state index contributed by atoms with van der Waals surface area (Å²) >= 11 is 1.69. The number of ether oxygens (including phenoxy) is 1. The molecule has 1 aliphatic carbocycles. The number of carboxylic acid groups (broad SMARTS) is 1. The normalized spacial score (nSPS) is 39.8. The minimum Gasteiger partial charge on any atom is -0.479 e. The van der Waals surface area contributed by atoms with Gasteiger partial charge < -0.3 is 9.84 Å². The number of carboxylic acids is 1. The lowest BCUT2D eigenvalue weighted by atomic mass is 9.87. The summed E-state index contributed by atoms with van der Waals surface area (Å²) in [6.45, 7) is 2.18. The smallest absolute Gasteiger partial charge is 0.336 e. The van der Waals surface area contributed by atoms with Gasteiger partial charge in [-0.15, -0.1) is 0 Å². The number of hydrogen-bond acceptors (Lipinski definition) is 3. The van der Waals surface area contributed by atoms with Gasteiger partial charge in [-0.3, -0.25) is 0 Å². The van der Waals surface area contributed by atoms with Gasteiger partial charge in [-0.05, 0) is 30.9 Å². The third kappa shape index (κ3) is 2.38. The fourth-order valence-corrected chi connectivity index (χ4v) is 3.89. The summed E-state index contributed by atoms with van der Waals surface area (Å²) in [7, 11) is 0. The molecule has 92 valence electrons. The summed E-state index contributed by atoms with van der Waals surface area (Å²) in [6, 6.07) is 0. The van der Waals surface area contributed by atoms with E-state index in [4.69, 9.17) is 4.74 Å². The molecule has 0 amide bonds. The van der Waals surface area contributed by atoms with Crippen LogP contribution in [0.1, 0.15) is 39.0 Å². The van der Waals surface area contributed by atoms with Crippen LogP contribution in [-0.4, -0.2) is 34.3 Å². The predicted molar refractivity (Wildman–Crippen MR) is 64.8 cm³/mol. The van der Waals surface area contributed by atoms with E-state index < -0.39 is 11.6 Å². The molecule has 16 heavy (non-hydrogen) atoms. The Bertz CT molecular complexity index is 261. The molecule has 3 atom stereocenters. The second-order valence-corrected chi connectivity index (χ2v) is 6.13. The fraction of sp³-hybridized carbons (Fsp3) is 0.917. The second kappa shape index (κ2) is 4.96. The monoisotopic (exact) mass is 244 g/mol. The molecule has 3 unspecified atom stereocenters. The summed E-state index contributed by atoms with van der Waals surface area (Å²) < 4.78 is 5.99. The minimum atomic E-state index is -0.888. The molecule has 2 fully saturated rings. The van der Waals surface area contributed by atoms with Gasteiger partial charge in [-0.1, -0.05) is 19.8 Å². The molecule has 1 N–H and O–H groups in total. The van der Waals surface area contributed by atoms with Crippen LogP contribution in [0.5, 0.6) is 0 Å². The predicted octanol–water partition coefficient (Wildman–Crippen LogP) is 2.54. The molecule has 1 heterocycles. The van der Waals surface area contributed by atoms with Crippen molar-refractivity contribution in [1.82, 2.24) is 0 Å². The molecule has 1 saturated carbocycles. The van der Waals surface area contributed by atoms with Crippen LogP contribution in [0, 0.1) is 5.92 Å². The van der Waals surface area contributed by atoms with Crippen molar-refractivity contribution in [3.05, 3.63) is 0 Å². The standard InChI is InChI=1S/C12H20O3S/c1-9-4-2-3-5-10(9)15-12(11(13)14)6-7-16-8-12/h9-10H,2-8H2,1H3,(H,13,14). The van der Waals surface area contributed by atoms with Crippen LogP contribution in [0.2, 0.25) is 0 Å². The maximum absolute atomic E-state index is 11.4. The van der Waals surface area contributed by atoms with E-state index in [9.17, 15) is 9.90 Å². The van der Waals surface area contributed by atoms with E-state index in [2.05, 4.69) is 6.92 Å². The summed E-state index contributed by atoms with van der Waals surface area (Å²) in [4.78, 5) is 11.4. The third-order valence-electron chi connectivity index (χ3n) is 3.78. The van der Waals surface area contributed by atoms with Gasteiger partial charge in [0, 0.05) is 5.75 Å². The average molecular weight is 244 g/mol. The van der Waals surface area contributed by atoms with Crippen LogP contribution >= 0.6 is 11.8 Å². The van der Waals surface area contributed by atoms with Crippen molar-refractivity contribution in [2.75, 3.05) is 11.5 Å². The van der Waals surface area contributed by atoms with Gasteiger partial charge in [0.15, 0.2) is 5.60 Å². The van der Waals surface area contributed by atoms with Gasteiger partial charge in [0.25, 0.3) is 0 Å². The van der Waals surface area contributed by atoms with Crippen molar-refractivity contribution in [3.8, 4) is 0 Å². The zero-order chi connectivity index (χ0) is 11.6. The molecule has 1 saturated heterocycles. The molecule has 0 radical (unpaired) electrons. The van der Waals surface area contributed by atoms with Gasteiger partial charge in [-0.25, -0.2) is 4.79 Å². The Morgan fingerprint density at radius 2 is 2.19 bits per heavy atom. The van der Waals surface area contributed by atoms with Crippen molar-refractivity contribution in [2.24, 2.45) is 5.92 Å². The number of thioether (sulfide) groups is 1. The summed E-state index contributed by atoms with van der Waals surface area (Å²) in [5, 5.41) is 9.34. The Hall–Kier alpha value is -0.220. The lowest BCUT2D eigenvalue weighted by molar-refractivity contribution is -0.175.